The lowest BCUT2D eigenvalue weighted by molar-refractivity contribution is -0.122. The van der Waals surface area contributed by atoms with Gasteiger partial charge in [-0.25, -0.2) is 0 Å². The quantitative estimate of drug-likeness (QED) is 0.827. The van der Waals surface area contributed by atoms with Crippen molar-refractivity contribution >= 4 is 17.5 Å². The summed E-state index contributed by atoms with van der Waals surface area (Å²) < 4.78 is 5.43. The summed E-state index contributed by atoms with van der Waals surface area (Å²) in [6.45, 7) is 4.99. The Kier molecular flexibility index (Phi) is 5.77. The average molecular weight is 385 g/mol. The molecule has 1 N–H and O–H groups in total. The van der Waals surface area contributed by atoms with Gasteiger partial charge in [0.1, 0.15) is 0 Å². The fourth-order valence-corrected chi connectivity index (χ4v) is 4.08. The summed E-state index contributed by atoms with van der Waals surface area (Å²) >= 11 is 6.27. The predicted octanol–water partition coefficient (Wildman–Crippen LogP) is 3.59. The number of hydrogen-bond donors (Lipinski definition) is 1. The molecular formula is C22H25ClN2O2. The minimum Gasteiger partial charge on any atom is -0.379 e. The molecule has 2 unspecified atom stereocenters. The minimum atomic E-state index is 0.0382. The predicted molar refractivity (Wildman–Crippen MR) is 107 cm³/mol. The largest absolute Gasteiger partial charge is 0.379 e. The van der Waals surface area contributed by atoms with Crippen molar-refractivity contribution in [3.63, 3.8) is 0 Å². The molecule has 4 rings (SSSR count). The molecule has 4 nitrogen and oxygen atoms in total. The van der Waals surface area contributed by atoms with Crippen LogP contribution in [-0.4, -0.2) is 37.1 Å². The minimum absolute atomic E-state index is 0.0382. The fraction of sp³-hybridized carbons (Fsp3) is 0.409. The van der Waals surface area contributed by atoms with Crippen LogP contribution in [0, 0.1) is 5.92 Å². The molecule has 1 aliphatic heterocycles. The van der Waals surface area contributed by atoms with Crippen LogP contribution in [0.25, 0.3) is 0 Å². The molecule has 5 heteroatoms. The van der Waals surface area contributed by atoms with Crippen LogP contribution in [0.1, 0.15) is 29.0 Å². The van der Waals surface area contributed by atoms with E-state index in [-0.39, 0.29) is 17.7 Å². The molecule has 2 aliphatic rings. The van der Waals surface area contributed by atoms with Crippen molar-refractivity contribution < 1.29 is 9.53 Å². The first kappa shape index (κ1) is 18.5. The number of amides is 1. The standard InChI is InChI=1S/C22H25ClN2O2/c23-21-8-4-3-7-18(21)19-13-20(19)22(26)24-14-16-5-1-2-6-17(16)15-25-9-11-27-12-10-25/h1-8,19-20H,9-15H2,(H,24,26). The van der Waals surface area contributed by atoms with Crippen molar-refractivity contribution in [2.45, 2.75) is 25.4 Å². The van der Waals surface area contributed by atoms with Crippen molar-refractivity contribution in [1.82, 2.24) is 10.2 Å². The van der Waals surface area contributed by atoms with Crippen LogP contribution in [0.2, 0.25) is 5.02 Å². The molecule has 0 spiro atoms. The highest BCUT2D eigenvalue weighted by Gasteiger charge is 2.44. The molecule has 1 heterocycles. The Bertz CT molecular complexity index is 804. The van der Waals surface area contributed by atoms with Gasteiger partial charge in [0.25, 0.3) is 0 Å². The van der Waals surface area contributed by atoms with Crippen molar-refractivity contribution in [1.29, 1.82) is 0 Å². The second-order valence-electron chi connectivity index (χ2n) is 7.35. The summed E-state index contributed by atoms with van der Waals surface area (Å²) in [6, 6.07) is 16.2. The van der Waals surface area contributed by atoms with Gasteiger partial charge < -0.3 is 10.1 Å². The average Bonchev–Trinajstić information content (AvgIpc) is 3.49. The zero-order valence-electron chi connectivity index (χ0n) is 15.4. The summed E-state index contributed by atoms with van der Waals surface area (Å²) in [6.07, 6.45) is 0.880. The van der Waals surface area contributed by atoms with Gasteiger partial charge in [0.2, 0.25) is 5.91 Å². The molecule has 27 heavy (non-hydrogen) atoms. The molecule has 2 fully saturated rings. The van der Waals surface area contributed by atoms with Gasteiger partial charge in [-0.1, -0.05) is 54.1 Å². The molecule has 0 aromatic heterocycles. The summed E-state index contributed by atoms with van der Waals surface area (Å²) in [7, 11) is 0. The van der Waals surface area contributed by atoms with E-state index in [0.717, 1.165) is 49.9 Å². The van der Waals surface area contributed by atoms with E-state index in [1.54, 1.807) is 0 Å². The Labute approximate surface area is 165 Å². The van der Waals surface area contributed by atoms with Crippen LogP contribution < -0.4 is 5.32 Å². The van der Waals surface area contributed by atoms with Crippen molar-refractivity contribution in [2.75, 3.05) is 26.3 Å². The maximum atomic E-state index is 12.6. The summed E-state index contributed by atoms with van der Waals surface area (Å²) in [4.78, 5) is 15.0. The van der Waals surface area contributed by atoms with Gasteiger partial charge in [-0.2, -0.15) is 0 Å². The Balaban J connectivity index is 1.34. The molecule has 0 bridgehead atoms. The lowest BCUT2D eigenvalue weighted by Gasteiger charge is -2.27. The number of morpholine rings is 1. The van der Waals surface area contributed by atoms with Crippen LogP contribution >= 0.6 is 11.6 Å². The normalized spacial score (nSPS) is 22.4. The Hall–Kier alpha value is -1.88. The van der Waals surface area contributed by atoms with Gasteiger partial charge in [0, 0.05) is 37.1 Å². The maximum absolute atomic E-state index is 12.6. The zero-order valence-corrected chi connectivity index (χ0v) is 16.1. The summed E-state index contributed by atoms with van der Waals surface area (Å²) in [5, 5.41) is 3.89. The van der Waals surface area contributed by atoms with E-state index in [0.29, 0.717) is 6.54 Å². The number of rotatable bonds is 6. The number of carbonyl (C=O) groups is 1. The second kappa shape index (κ2) is 8.42. The Morgan fingerprint density at radius 2 is 1.78 bits per heavy atom. The molecule has 1 aliphatic carbocycles. The highest BCUT2D eigenvalue weighted by Crippen LogP contribution is 2.49. The van der Waals surface area contributed by atoms with E-state index in [9.17, 15) is 4.79 Å². The van der Waals surface area contributed by atoms with Gasteiger partial charge in [0.05, 0.1) is 13.2 Å². The molecule has 2 aromatic rings. The van der Waals surface area contributed by atoms with E-state index in [4.69, 9.17) is 16.3 Å². The van der Waals surface area contributed by atoms with Crippen LogP contribution in [-0.2, 0) is 22.6 Å². The maximum Gasteiger partial charge on any atom is 0.224 e. The van der Waals surface area contributed by atoms with E-state index in [1.807, 2.05) is 30.3 Å². The topological polar surface area (TPSA) is 41.6 Å². The van der Waals surface area contributed by atoms with E-state index in [2.05, 4.69) is 28.4 Å². The SMILES string of the molecule is O=C(NCc1ccccc1CN1CCOCC1)C1CC1c1ccccc1Cl. The van der Waals surface area contributed by atoms with Crippen molar-refractivity contribution in [3.8, 4) is 0 Å². The summed E-state index contributed by atoms with van der Waals surface area (Å²) in [5.41, 5.74) is 3.55. The lowest BCUT2D eigenvalue weighted by atomic mass is 10.1. The van der Waals surface area contributed by atoms with Gasteiger partial charge in [-0.15, -0.1) is 0 Å². The first-order valence-corrected chi connectivity index (χ1v) is 9.99. The zero-order chi connectivity index (χ0) is 18.6. The summed E-state index contributed by atoms with van der Waals surface area (Å²) in [5.74, 6) is 0.416. The smallest absolute Gasteiger partial charge is 0.224 e. The van der Waals surface area contributed by atoms with Crippen LogP contribution in [0.3, 0.4) is 0 Å². The van der Waals surface area contributed by atoms with Gasteiger partial charge in [0.15, 0.2) is 0 Å². The molecule has 2 atom stereocenters. The van der Waals surface area contributed by atoms with Gasteiger partial charge in [-0.3, -0.25) is 9.69 Å². The molecule has 1 amide bonds. The highest BCUT2D eigenvalue weighted by atomic mass is 35.5. The Morgan fingerprint density at radius 1 is 1.07 bits per heavy atom. The molecule has 2 aromatic carbocycles. The number of halogens is 1. The Morgan fingerprint density at radius 3 is 2.56 bits per heavy atom. The van der Waals surface area contributed by atoms with E-state index >= 15 is 0 Å². The first-order valence-electron chi connectivity index (χ1n) is 9.61. The third-order valence-electron chi connectivity index (χ3n) is 5.50. The van der Waals surface area contributed by atoms with Gasteiger partial charge in [-0.05, 0) is 35.1 Å². The third-order valence-corrected chi connectivity index (χ3v) is 5.85. The third kappa shape index (κ3) is 4.52. The van der Waals surface area contributed by atoms with Crippen molar-refractivity contribution in [2.24, 2.45) is 5.92 Å². The molecule has 142 valence electrons. The monoisotopic (exact) mass is 384 g/mol. The van der Waals surface area contributed by atoms with Crippen LogP contribution in [0.5, 0.6) is 0 Å². The molecule has 1 saturated heterocycles. The highest BCUT2D eigenvalue weighted by molar-refractivity contribution is 6.31. The number of nitrogens with zero attached hydrogens (tertiary/aromatic N) is 1. The van der Waals surface area contributed by atoms with Crippen LogP contribution in [0.4, 0.5) is 0 Å². The molecule has 0 radical (unpaired) electrons. The van der Waals surface area contributed by atoms with E-state index < -0.39 is 0 Å². The van der Waals surface area contributed by atoms with E-state index in [1.165, 1.54) is 11.1 Å². The fourth-order valence-electron chi connectivity index (χ4n) is 3.80. The number of hydrogen-bond acceptors (Lipinski definition) is 3. The molecular weight excluding hydrogens is 360 g/mol. The number of nitrogens with one attached hydrogen (secondary N) is 1. The van der Waals surface area contributed by atoms with Crippen LogP contribution in [0.15, 0.2) is 48.5 Å². The lowest BCUT2D eigenvalue weighted by Crippen LogP contribution is -2.36. The number of carbonyl (C=O) groups excluding carboxylic acids is 1. The number of benzene rings is 2. The number of ether oxygens (including phenoxy) is 1. The van der Waals surface area contributed by atoms with Crippen molar-refractivity contribution in [3.05, 3.63) is 70.2 Å². The second-order valence-corrected chi connectivity index (χ2v) is 7.75. The molecule has 1 saturated carbocycles. The first-order chi connectivity index (χ1) is 13.2. The van der Waals surface area contributed by atoms with Gasteiger partial charge >= 0.3 is 0 Å².